The molecule has 1 aromatic carbocycles. The minimum Gasteiger partial charge on any atom is -0.298 e. The molecule has 2 heterocycles. The van der Waals surface area contributed by atoms with Crippen molar-refractivity contribution in [1.29, 1.82) is 0 Å². The summed E-state index contributed by atoms with van der Waals surface area (Å²) in [6.45, 7) is 9.36. The summed E-state index contributed by atoms with van der Waals surface area (Å²) in [5, 5.41) is 4.23. The fraction of sp³-hybridized carbons (Fsp3) is 0.524. The maximum atomic E-state index is 12.9. The molecule has 0 saturated carbocycles. The molecule has 1 aliphatic heterocycles. The number of rotatable bonds is 4. The fourth-order valence-electron chi connectivity index (χ4n) is 3.60. The van der Waals surface area contributed by atoms with Gasteiger partial charge in [-0.15, -0.1) is 0 Å². The van der Waals surface area contributed by atoms with Gasteiger partial charge in [0.1, 0.15) is 0 Å². The van der Waals surface area contributed by atoms with Crippen molar-refractivity contribution >= 4 is 5.78 Å². The maximum Gasteiger partial charge on any atom is 0.167 e. The van der Waals surface area contributed by atoms with Crippen molar-refractivity contribution in [1.82, 2.24) is 14.7 Å². The van der Waals surface area contributed by atoms with E-state index in [0.29, 0.717) is 0 Å². The highest BCUT2D eigenvalue weighted by Crippen LogP contribution is 2.25. The predicted octanol–water partition coefficient (Wildman–Crippen LogP) is 3.81. The Kier molecular flexibility index (Phi) is 5.09. The van der Waals surface area contributed by atoms with Gasteiger partial charge in [0.15, 0.2) is 5.78 Å². The summed E-state index contributed by atoms with van der Waals surface area (Å²) in [6, 6.07) is 8.21. The number of aromatic nitrogens is 2. The van der Waals surface area contributed by atoms with Gasteiger partial charge < -0.3 is 0 Å². The molecule has 0 unspecified atom stereocenters. The lowest BCUT2D eigenvalue weighted by Crippen LogP contribution is -2.38. The van der Waals surface area contributed by atoms with Gasteiger partial charge in [-0.2, -0.15) is 5.10 Å². The zero-order valence-corrected chi connectivity index (χ0v) is 15.8. The second-order valence-corrected chi connectivity index (χ2v) is 8.29. The van der Waals surface area contributed by atoms with Crippen molar-refractivity contribution in [2.24, 2.45) is 13.0 Å². The molecule has 1 aromatic heterocycles. The van der Waals surface area contributed by atoms with E-state index in [1.54, 1.807) is 0 Å². The Morgan fingerprint density at radius 2 is 1.96 bits per heavy atom. The van der Waals surface area contributed by atoms with Crippen LogP contribution in [-0.4, -0.2) is 33.6 Å². The van der Waals surface area contributed by atoms with E-state index in [4.69, 9.17) is 0 Å². The number of carbonyl (C=O) groups excluding carboxylic acids is 1. The van der Waals surface area contributed by atoms with Crippen molar-refractivity contribution in [3.05, 3.63) is 53.3 Å². The normalized spacial score (nSPS) is 19.1. The van der Waals surface area contributed by atoms with E-state index in [2.05, 4.69) is 49.1 Å². The third kappa shape index (κ3) is 4.37. The molecule has 4 heteroatoms. The Morgan fingerprint density at radius 1 is 1.24 bits per heavy atom. The van der Waals surface area contributed by atoms with E-state index in [1.807, 2.05) is 30.1 Å². The van der Waals surface area contributed by atoms with Crippen LogP contribution < -0.4 is 0 Å². The van der Waals surface area contributed by atoms with Crippen molar-refractivity contribution in [2.45, 2.75) is 45.6 Å². The van der Waals surface area contributed by atoms with Gasteiger partial charge in [0.25, 0.3) is 0 Å². The summed E-state index contributed by atoms with van der Waals surface area (Å²) < 4.78 is 1.83. The molecular formula is C21H29N3O. The van der Waals surface area contributed by atoms with Crippen LogP contribution in [0.3, 0.4) is 0 Å². The number of hydrogen-bond acceptors (Lipinski definition) is 3. The van der Waals surface area contributed by atoms with Crippen LogP contribution in [0.25, 0.3) is 0 Å². The SMILES string of the molecule is Cn1cc(CN2CCC[C@@H](C(=O)c3ccc(C(C)(C)C)cc3)C2)cn1. The monoisotopic (exact) mass is 339 g/mol. The third-order valence-corrected chi connectivity index (χ3v) is 5.08. The minimum absolute atomic E-state index is 0.103. The van der Waals surface area contributed by atoms with E-state index in [0.717, 1.165) is 38.0 Å². The average Bonchev–Trinajstić information content (AvgIpc) is 2.98. The van der Waals surface area contributed by atoms with E-state index >= 15 is 0 Å². The van der Waals surface area contributed by atoms with Crippen LogP contribution >= 0.6 is 0 Å². The molecule has 2 aromatic rings. The summed E-state index contributed by atoms with van der Waals surface area (Å²) in [7, 11) is 1.94. The number of piperidine rings is 1. The molecule has 0 radical (unpaired) electrons. The second kappa shape index (κ2) is 7.12. The highest BCUT2D eigenvalue weighted by Gasteiger charge is 2.27. The molecule has 1 atom stereocenters. The molecule has 3 rings (SSSR count). The number of aryl methyl sites for hydroxylation is 1. The van der Waals surface area contributed by atoms with Crippen LogP contribution in [-0.2, 0) is 19.0 Å². The van der Waals surface area contributed by atoms with E-state index < -0.39 is 0 Å². The summed E-state index contributed by atoms with van der Waals surface area (Å²) in [5.41, 5.74) is 3.45. The summed E-state index contributed by atoms with van der Waals surface area (Å²) in [4.78, 5) is 15.3. The molecule has 25 heavy (non-hydrogen) atoms. The first kappa shape index (κ1) is 17.9. The Bertz CT molecular complexity index is 724. The molecule has 0 N–H and O–H groups in total. The molecule has 4 nitrogen and oxygen atoms in total. The summed E-state index contributed by atoms with van der Waals surface area (Å²) in [5.74, 6) is 0.391. The topological polar surface area (TPSA) is 38.1 Å². The number of benzene rings is 1. The van der Waals surface area contributed by atoms with Crippen molar-refractivity contribution in [3.63, 3.8) is 0 Å². The van der Waals surface area contributed by atoms with Crippen molar-refractivity contribution in [2.75, 3.05) is 13.1 Å². The molecule has 0 spiro atoms. The van der Waals surface area contributed by atoms with Crippen LogP contribution in [0.4, 0.5) is 0 Å². The van der Waals surface area contributed by atoms with E-state index in [9.17, 15) is 4.79 Å². The van der Waals surface area contributed by atoms with Crippen LogP contribution in [0.2, 0.25) is 0 Å². The van der Waals surface area contributed by atoms with Gasteiger partial charge in [0.05, 0.1) is 6.20 Å². The highest BCUT2D eigenvalue weighted by molar-refractivity contribution is 5.98. The Hall–Kier alpha value is -1.94. The smallest absolute Gasteiger partial charge is 0.167 e. The van der Waals surface area contributed by atoms with Crippen LogP contribution in [0.15, 0.2) is 36.7 Å². The zero-order valence-electron chi connectivity index (χ0n) is 15.8. The third-order valence-electron chi connectivity index (χ3n) is 5.08. The maximum absolute atomic E-state index is 12.9. The largest absolute Gasteiger partial charge is 0.298 e. The molecule has 1 saturated heterocycles. The second-order valence-electron chi connectivity index (χ2n) is 8.29. The Labute approximate surface area is 150 Å². The lowest BCUT2D eigenvalue weighted by atomic mass is 9.85. The molecule has 0 aliphatic carbocycles. The summed E-state index contributed by atoms with van der Waals surface area (Å²) >= 11 is 0. The van der Waals surface area contributed by atoms with Crippen LogP contribution in [0.5, 0.6) is 0 Å². The van der Waals surface area contributed by atoms with Gasteiger partial charge in [-0.05, 0) is 30.4 Å². The van der Waals surface area contributed by atoms with Gasteiger partial charge >= 0.3 is 0 Å². The van der Waals surface area contributed by atoms with Crippen LogP contribution in [0.1, 0.15) is 55.1 Å². The van der Waals surface area contributed by atoms with E-state index in [-0.39, 0.29) is 17.1 Å². The highest BCUT2D eigenvalue weighted by atomic mass is 16.1. The van der Waals surface area contributed by atoms with Gasteiger partial charge in [-0.25, -0.2) is 0 Å². The number of Topliss-reactive ketones (excluding diaryl/α,β-unsaturated/α-hetero) is 1. The van der Waals surface area contributed by atoms with Crippen molar-refractivity contribution < 1.29 is 4.79 Å². The number of nitrogens with zero attached hydrogens (tertiary/aromatic N) is 3. The van der Waals surface area contributed by atoms with Gasteiger partial charge in [-0.1, -0.05) is 45.0 Å². The quantitative estimate of drug-likeness (QED) is 0.795. The number of carbonyl (C=O) groups is 1. The van der Waals surface area contributed by atoms with Crippen LogP contribution in [0, 0.1) is 5.92 Å². The fourth-order valence-corrected chi connectivity index (χ4v) is 3.60. The van der Waals surface area contributed by atoms with Gasteiger partial charge in [0.2, 0.25) is 0 Å². The van der Waals surface area contributed by atoms with E-state index in [1.165, 1.54) is 11.1 Å². The molecular weight excluding hydrogens is 310 g/mol. The number of hydrogen-bond donors (Lipinski definition) is 0. The molecule has 1 aliphatic rings. The minimum atomic E-state index is 0.103. The molecule has 1 fully saturated rings. The Balaban J connectivity index is 1.65. The van der Waals surface area contributed by atoms with Gasteiger partial charge in [-0.3, -0.25) is 14.4 Å². The molecule has 134 valence electrons. The Morgan fingerprint density at radius 3 is 2.56 bits per heavy atom. The first-order chi connectivity index (χ1) is 11.8. The molecule has 0 amide bonds. The lowest BCUT2D eigenvalue weighted by molar-refractivity contribution is 0.0811. The average molecular weight is 339 g/mol. The van der Waals surface area contributed by atoms with Crippen molar-refractivity contribution in [3.8, 4) is 0 Å². The first-order valence-corrected chi connectivity index (χ1v) is 9.17. The zero-order chi connectivity index (χ0) is 18.0. The first-order valence-electron chi connectivity index (χ1n) is 9.17. The standard InChI is InChI=1S/C21H29N3O/c1-21(2,3)19-9-7-17(8-10-19)20(25)18-6-5-11-24(15-18)14-16-12-22-23(4)13-16/h7-10,12-13,18H,5-6,11,14-15H2,1-4H3/t18-/m1/s1. The number of ketones is 1. The summed E-state index contributed by atoms with van der Waals surface area (Å²) in [6.07, 6.45) is 6.04. The van der Waals surface area contributed by atoms with Gasteiger partial charge in [0, 0.05) is 43.4 Å². The molecule has 0 bridgehead atoms. The lowest BCUT2D eigenvalue weighted by Gasteiger charge is -2.31. The predicted molar refractivity (Wildman–Crippen MR) is 101 cm³/mol. The number of likely N-dealkylation sites (tertiary alicyclic amines) is 1.